The van der Waals surface area contributed by atoms with Gasteiger partial charge in [-0.1, -0.05) is 6.07 Å². The molecule has 16 heavy (non-hydrogen) atoms. The van der Waals surface area contributed by atoms with Crippen LogP contribution in [0.4, 0.5) is 0 Å². The van der Waals surface area contributed by atoms with Crippen LogP contribution in [0.3, 0.4) is 0 Å². The van der Waals surface area contributed by atoms with E-state index in [1.54, 1.807) is 13.3 Å². The first-order valence-corrected chi connectivity index (χ1v) is 5.67. The number of rotatable bonds is 6. The standard InChI is InChI=1S/C12H18N2O2/c1-16-12-5-4-10(7-14-12)11(8-15)13-6-9-2-3-9/h4-5,7,9,11,13,15H,2-3,6,8H2,1H3. The van der Waals surface area contributed by atoms with Crippen molar-refractivity contribution in [1.82, 2.24) is 10.3 Å². The number of aliphatic hydroxyl groups excluding tert-OH is 1. The highest BCUT2D eigenvalue weighted by Gasteiger charge is 2.22. The molecule has 2 N–H and O–H groups in total. The van der Waals surface area contributed by atoms with Crippen LogP contribution in [0.1, 0.15) is 24.4 Å². The fourth-order valence-corrected chi connectivity index (χ4v) is 1.64. The Kier molecular flexibility index (Phi) is 3.74. The molecule has 1 aliphatic rings. The van der Waals surface area contributed by atoms with Gasteiger partial charge in [0.1, 0.15) is 0 Å². The predicted octanol–water partition coefficient (Wildman–Crippen LogP) is 1.12. The number of ether oxygens (including phenoxy) is 1. The third kappa shape index (κ3) is 2.93. The lowest BCUT2D eigenvalue weighted by molar-refractivity contribution is 0.243. The number of methoxy groups -OCH3 is 1. The molecule has 0 amide bonds. The summed E-state index contributed by atoms with van der Waals surface area (Å²) in [6, 6.07) is 3.74. The molecule has 1 aromatic rings. The van der Waals surface area contributed by atoms with Crippen LogP contribution in [0.15, 0.2) is 18.3 Å². The smallest absolute Gasteiger partial charge is 0.212 e. The Balaban J connectivity index is 1.94. The second-order valence-corrected chi connectivity index (χ2v) is 4.22. The van der Waals surface area contributed by atoms with Crippen LogP contribution in [0.25, 0.3) is 0 Å². The first-order valence-electron chi connectivity index (χ1n) is 5.67. The number of aromatic nitrogens is 1. The summed E-state index contributed by atoms with van der Waals surface area (Å²) in [5, 5.41) is 12.7. The summed E-state index contributed by atoms with van der Waals surface area (Å²) in [6.45, 7) is 1.08. The van der Waals surface area contributed by atoms with Gasteiger partial charge in [-0.05, 0) is 30.9 Å². The van der Waals surface area contributed by atoms with Crippen molar-refractivity contribution in [1.29, 1.82) is 0 Å². The molecule has 0 aromatic carbocycles. The van der Waals surface area contributed by atoms with Crippen LogP contribution < -0.4 is 10.1 Å². The zero-order valence-corrected chi connectivity index (χ0v) is 9.52. The van der Waals surface area contributed by atoms with E-state index >= 15 is 0 Å². The highest BCUT2D eigenvalue weighted by Crippen LogP contribution is 2.28. The van der Waals surface area contributed by atoms with Gasteiger partial charge >= 0.3 is 0 Å². The van der Waals surface area contributed by atoms with E-state index in [1.807, 2.05) is 12.1 Å². The molecular weight excluding hydrogens is 204 g/mol. The average molecular weight is 222 g/mol. The van der Waals surface area contributed by atoms with Gasteiger partial charge in [-0.15, -0.1) is 0 Å². The Morgan fingerprint density at radius 1 is 1.56 bits per heavy atom. The molecule has 2 rings (SSSR count). The minimum Gasteiger partial charge on any atom is -0.481 e. The summed E-state index contributed by atoms with van der Waals surface area (Å²) in [5.41, 5.74) is 1.00. The van der Waals surface area contributed by atoms with Gasteiger partial charge in [-0.3, -0.25) is 0 Å². The maximum absolute atomic E-state index is 9.32. The minimum atomic E-state index is -0.0148. The predicted molar refractivity (Wildman–Crippen MR) is 61.3 cm³/mol. The lowest BCUT2D eigenvalue weighted by Gasteiger charge is -2.16. The molecule has 88 valence electrons. The second-order valence-electron chi connectivity index (χ2n) is 4.22. The molecule has 1 heterocycles. The maximum atomic E-state index is 9.32. The van der Waals surface area contributed by atoms with E-state index in [0.717, 1.165) is 18.0 Å². The molecule has 1 aromatic heterocycles. The van der Waals surface area contributed by atoms with Crippen molar-refractivity contribution in [3.63, 3.8) is 0 Å². The van der Waals surface area contributed by atoms with Crippen molar-refractivity contribution >= 4 is 0 Å². The Labute approximate surface area is 95.7 Å². The number of hydrogen-bond donors (Lipinski definition) is 2. The first kappa shape index (κ1) is 11.4. The first-order chi connectivity index (χ1) is 7.83. The Hall–Kier alpha value is -1.13. The van der Waals surface area contributed by atoms with E-state index in [9.17, 15) is 5.11 Å². The maximum Gasteiger partial charge on any atom is 0.212 e. The van der Waals surface area contributed by atoms with Gasteiger partial charge in [-0.2, -0.15) is 0 Å². The zero-order valence-electron chi connectivity index (χ0n) is 9.52. The molecule has 1 aliphatic carbocycles. The number of aliphatic hydroxyl groups is 1. The van der Waals surface area contributed by atoms with Gasteiger partial charge in [0.05, 0.1) is 19.8 Å². The lowest BCUT2D eigenvalue weighted by atomic mass is 10.1. The largest absolute Gasteiger partial charge is 0.481 e. The monoisotopic (exact) mass is 222 g/mol. The normalized spacial score (nSPS) is 17.1. The fraction of sp³-hybridized carbons (Fsp3) is 0.583. The number of pyridine rings is 1. The van der Waals surface area contributed by atoms with Crippen LogP contribution in [0.5, 0.6) is 5.88 Å². The molecule has 0 spiro atoms. The SMILES string of the molecule is COc1ccc(C(CO)NCC2CC2)cn1. The van der Waals surface area contributed by atoms with Crippen molar-refractivity contribution in [3.05, 3.63) is 23.9 Å². The molecule has 1 unspecified atom stereocenters. The van der Waals surface area contributed by atoms with Crippen LogP contribution in [0, 0.1) is 5.92 Å². The summed E-state index contributed by atoms with van der Waals surface area (Å²) in [7, 11) is 1.59. The van der Waals surface area contributed by atoms with Gasteiger partial charge in [0.2, 0.25) is 5.88 Å². The van der Waals surface area contributed by atoms with Crippen molar-refractivity contribution < 1.29 is 9.84 Å². The summed E-state index contributed by atoms with van der Waals surface area (Å²) in [5.74, 6) is 1.41. The molecule has 4 heteroatoms. The van der Waals surface area contributed by atoms with Crippen molar-refractivity contribution in [2.75, 3.05) is 20.3 Å². The topological polar surface area (TPSA) is 54.4 Å². The van der Waals surface area contributed by atoms with E-state index < -0.39 is 0 Å². The molecule has 0 radical (unpaired) electrons. The summed E-state index contributed by atoms with van der Waals surface area (Å²) in [6.07, 6.45) is 4.37. The van der Waals surface area contributed by atoms with E-state index in [1.165, 1.54) is 12.8 Å². The summed E-state index contributed by atoms with van der Waals surface area (Å²) in [4.78, 5) is 4.14. The van der Waals surface area contributed by atoms with Gasteiger partial charge in [0.15, 0.2) is 0 Å². The summed E-state index contributed by atoms with van der Waals surface area (Å²) >= 11 is 0. The van der Waals surface area contributed by atoms with Gasteiger partial charge < -0.3 is 15.2 Å². The number of nitrogens with zero attached hydrogens (tertiary/aromatic N) is 1. The Morgan fingerprint density at radius 3 is 2.88 bits per heavy atom. The molecule has 0 saturated heterocycles. The van der Waals surface area contributed by atoms with Crippen LogP contribution in [-0.4, -0.2) is 30.4 Å². The van der Waals surface area contributed by atoms with Gasteiger partial charge in [-0.25, -0.2) is 4.98 Å². The van der Waals surface area contributed by atoms with Crippen LogP contribution in [-0.2, 0) is 0 Å². The quantitative estimate of drug-likeness (QED) is 0.757. The van der Waals surface area contributed by atoms with Crippen molar-refractivity contribution in [2.45, 2.75) is 18.9 Å². The third-order valence-corrected chi connectivity index (χ3v) is 2.90. The van der Waals surface area contributed by atoms with Crippen molar-refractivity contribution in [3.8, 4) is 5.88 Å². The molecule has 4 nitrogen and oxygen atoms in total. The summed E-state index contributed by atoms with van der Waals surface area (Å²) < 4.78 is 5.00. The van der Waals surface area contributed by atoms with Crippen molar-refractivity contribution in [2.24, 2.45) is 5.92 Å². The molecular formula is C12H18N2O2. The molecule has 1 atom stereocenters. The molecule has 0 aliphatic heterocycles. The van der Waals surface area contributed by atoms with E-state index in [0.29, 0.717) is 5.88 Å². The minimum absolute atomic E-state index is 0.0148. The fourth-order valence-electron chi connectivity index (χ4n) is 1.64. The van der Waals surface area contributed by atoms with Crippen LogP contribution in [0.2, 0.25) is 0 Å². The highest BCUT2D eigenvalue weighted by molar-refractivity contribution is 5.20. The number of nitrogens with one attached hydrogen (secondary N) is 1. The zero-order chi connectivity index (χ0) is 11.4. The van der Waals surface area contributed by atoms with Crippen LogP contribution >= 0.6 is 0 Å². The third-order valence-electron chi connectivity index (χ3n) is 2.90. The van der Waals surface area contributed by atoms with Gasteiger partial charge in [0.25, 0.3) is 0 Å². The lowest BCUT2D eigenvalue weighted by Crippen LogP contribution is -2.26. The Morgan fingerprint density at radius 2 is 2.38 bits per heavy atom. The second kappa shape index (κ2) is 5.27. The molecule has 0 bridgehead atoms. The highest BCUT2D eigenvalue weighted by atomic mass is 16.5. The van der Waals surface area contributed by atoms with E-state index in [4.69, 9.17) is 4.74 Å². The van der Waals surface area contributed by atoms with Gasteiger partial charge in [0, 0.05) is 12.3 Å². The number of hydrogen-bond acceptors (Lipinski definition) is 4. The van der Waals surface area contributed by atoms with E-state index in [2.05, 4.69) is 10.3 Å². The Bertz CT molecular complexity index is 322. The molecule has 1 saturated carbocycles. The average Bonchev–Trinajstić information content (AvgIpc) is 3.15. The molecule has 1 fully saturated rings. The van der Waals surface area contributed by atoms with E-state index in [-0.39, 0.29) is 12.6 Å².